The summed E-state index contributed by atoms with van der Waals surface area (Å²) < 4.78 is 26.6. The molecule has 2 amide bonds. The van der Waals surface area contributed by atoms with Gasteiger partial charge in [0.15, 0.2) is 0 Å². The van der Waals surface area contributed by atoms with Gasteiger partial charge in [-0.15, -0.1) is 10.2 Å². The SMILES string of the molecule is CNC(=O)N(C)c1nnc(S(=O)(=O)OC(C)=O)s1. The third kappa shape index (κ3) is 3.13. The van der Waals surface area contributed by atoms with Crippen LogP contribution in [0.25, 0.3) is 0 Å². The van der Waals surface area contributed by atoms with Crippen LogP contribution in [0, 0.1) is 0 Å². The molecule has 0 saturated heterocycles. The van der Waals surface area contributed by atoms with E-state index in [1.54, 1.807) is 0 Å². The van der Waals surface area contributed by atoms with E-state index >= 15 is 0 Å². The molecule has 11 heteroatoms. The number of carbonyl (C=O) groups is 2. The van der Waals surface area contributed by atoms with E-state index in [-0.39, 0.29) is 5.13 Å². The number of carbonyl (C=O) groups excluding carboxylic acids is 2. The molecular formula is C7H10N4O5S2. The Morgan fingerprint density at radius 2 is 2.00 bits per heavy atom. The van der Waals surface area contributed by atoms with Crippen molar-refractivity contribution in [2.75, 3.05) is 19.0 Å². The van der Waals surface area contributed by atoms with Gasteiger partial charge in [-0.25, -0.2) is 4.79 Å². The fourth-order valence-corrected chi connectivity index (χ4v) is 2.68. The van der Waals surface area contributed by atoms with Gasteiger partial charge in [-0.1, -0.05) is 11.3 Å². The summed E-state index contributed by atoms with van der Waals surface area (Å²) in [6, 6.07) is -0.484. The Hall–Kier alpha value is -1.75. The van der Waals surface area contributed by atoms with Crippen LogP contribution in [-0.2, 0) is 19.1 Å². The second-order valence-electron chi connectivity index (χ2n) is 2.99. The Morgan fingerprint density at radius 1 is 1.39 bits per heavy atom. The van der Waals surface area contributed by atoms with Crippen molar-refractivity contribution < 1.29 is 22.2 Å². The van der Waals surface area contributed by atoms with Gasteiger partial charge in [-0.3, -0.25) is 9.69 Å². The van der Waals surface area contributed by atoms with Crippen molar-refractivity contribution >= 4 is 38.6 Å². The van der Waals surface area contributed by atoms with E-state index in [1.807, 2.05) is 0 Å². The van der Waals surface area contributed by atoms with Crippen LogP contribution in [0.15, 0.2) is 4.34 Å². The van der Waals surface area contributed by atoms with Gasteiger partial charge in [0.1, 0.15) is 0 Å². The van der Waals surface area contributed by atoms with Crippen LogP contribution in [0.4, 0.5) is 9.93 Å². The third-order valence-electron chi connectivity index (χ3n) is 1.64. The van der Waals surface area contributed by atoms with Crippen molar-refractivity contribution in [3.63, 3.8) is 0 Å². The first-order chi connectivity index (χ1) is 8.27. The Kier molecular flexibility index (Phi) is 4.19. The Balaban J connectivity index is 3.00. The smallest absolute Gasteiger partial charge is 0.341 e. The van der Waals surface area contributed by atoms with E-state index in [9.17, 15) is 18.0 Å². The first-order valence-electron chi connectivity index (χ1n) is 4.52. The molecule has 0 atom stereocenters. The molecule has 0 unspecified atom stereocenters. The van der Waals surface area contributed by atoms with Gasteiger partial charge in [-0.05, 0) is 0 Å². The van der Waals surface area contributed by atoms with Crippen molar-refractivity contribution in [1.82, 2.24) is 15.5 Å². The molecule has 1 heterocycles. The molecule has 0 aliphatic carbocycles. The van der Waals surface area contributed by atoms with Gasteiger partial charge < -0.3 is 9.50 Å². The van der Waals surface area contributed by atoms with Crippen LogP contribution in [-0.4, -0.2) is 44.7 Å². The summed E-state index contributed by atoms with van der Waals surface area (Å²) in [6.07, 6.45) is 0. The molecule has 1 rings (SSSR count). The number of aromatic nitrogens is 2. The molecule has 18 heavy (non-hydrogen) atoms. The van der Waals surface area contributed by atoms with Gasteiger partial charge in [0, 0.05) is 21.0 Å². The molecule has 9 nitrogen and oxygen atoms in total. The lowest BCUT2D eigenvalue weighted by molar-refractivity contribution is -0.131. The summed E-state index contributed by atoms with van der Waals surface area (Å²) in [6.45, 7) is 0.955. The highest BCUT2D eigenvalue weighted by atomic mass is 32.3. The molecule has 0 aromatic carbocycles. The summed E-state index contributed by atoms with van der Waals surface area (Å²) in [4.78, 5) is 23.0. The Labute approximate surface area is 107 Å². The highest BCUT2D eigenvalue weighted by Gasteiger charge is 2.25. The quantitative estimate of drug-likeness (QED) is 0.593. The molecule has 0 spiro atoms. The molecular weight excluding hydrogens is 284 g/mol. The standard InChI is InChI=1S/C7H10N4O5S2/c1-4(12)16-18(14,15)7-10-9-6(17-7)11(3)5(13)8-2/h1-3H3,(H,8,13). The molecule has 0 radical (unpaired) electrons. The lowest BCUT2D eigenvalue weighted by Crippen LogP contribution is -2.34. The second-order valence-corrected chi connectivity index (χ2v) is 5.67. The molecule has 100 valence electrons. The number of nitrogens with one attached hydrogen (secondary N) is 1. The maximum absolute atomic E-state index is 11.5. The monoisotopic (exact) mass is 294 g/mol. The van der Waals surface area contributed by atoms with Crippen molar-refractivity contribution in [2.45, 2.75) is 11.3 Å². The van der Waals surface area contributed by atoms with Crippen LogP contribution in [0.2, 0.25) is 0 Å². The van der Waals surface area contributed by atoms with Crippen molar-refractivity contribution in [1.29, 1.82) is 0 Å². The molecule has 0 aliphatic heterocycles. The minimum atomic E-state index is -4.27. The molecule has 0 saturated carbocycles. The average Bonchev–Trinajstić information content (AvgIpc) is 2.75. The van der Waals surface area contributed by atoms with E-state index in [0.29, 0.717) is 11.3 Å². The second kappa shape index (κ2) is 5.27. The summed E-state index contributed by atoms with van der Waals surface area (Å²) in [7, 11) is -1.46. The van der Waals surface area contributed by atoms with Crippen LogP contribution >= 0.6 is 11.3 Å². The number of rotatable bonds is 3. The first-order valence-corrected chi connectivity index (χ1v) is 6.74. The van der Waals surface area contributed by atoms with Crippen molar-refractivity contribution in [2.24, 2.45) is 0 Å². The minimum Gasteiger partial charge on any atom is -0.341 e. The number of hydrogen-bond acceptors (Lipinski definition) is 8. The maximum atomic E-state index is 11.5. The minimum absolute atomic E-state index is 0.0556. The lowest BCUT2D eigenvalue weighted by Gasteiger charge is -2.10. The Morgan fingerprint density at radius 3 is 2.50 bits per heavy atom. The number of nitrogens with zero attached hydrogens (tertiary/aromatic N) is 3. The normalized spacial score (nSPS) is 10.8. The predicted octanol–water partition coefficient (Wildman–Crippen LogP) is -0.435. The first kappa shape index (κ1) is 14.3. The zero-order valence-corrected chi connectivity index (χ0v) is 11.3. The Bertz CT molecular complexity index is 566. The molecule has 1 aromatic heterocycles. The zero-order chi connectivity index (χ0) is 13.9. The number of urea groups is 1. The van der Waals surface area contributed by atoms with Crippen molar-refractivity contribution in [3.8, 4) is 0 Å². The molecule has 0 fully saturated rings. The topological polar surface area (TPSA) is 119 Å². The summed E-state index contributed by atoms with van der Waals surface area (Å²) in [5.41, 5.74) is 0. The van der Waals surface area contributed by atoms with Gasteiger partial charge >= 0.3 is 22.1 Å². The number of hydrogen-bond donors (Lipinski definition) is 1. The van der Waals surface area contributed by atoms with E-state index in [1.165, 1.54) is 14.1 Å². The maximum Gasteiger partial charge on any atom is 0.371 e. The van der Waals surface area contributed by atoms with Crippen LogP contribution in [0.3, 0.4) is 0 Å². The fourth-order valence-electron chi connectivity index (χ4n) is 0.884. The summed E-state index contributed by atoms with van der Waals surface area (Å²) >= 11 is 0.611. The third-order valence-corrected chi connectivity index (χ3v) is 4.26. The zero-order valence-electron chi connectivity index (χ0n) is 9.70. The molecule has 0 aliphatic rings. The van der Waals surface area contributed by atoms with Gasteiger partial charge in [0.05, 0.1) is 0 Å². The number of amides is 2. The van der Waals surface area contributed by atoms with Crippen LogP contribution in [0.1, 0.15) is 6.92 Å². The largest absolute Gasteiger partial charge is 0.371 e. The fraction of sp³-hybridized carbons (Fsp3) is 0.429. The summed E-state index contributed by atoms with van der Waals surface area (Å²) in [5, 5.41) is 9.27. The molecule has 1 N–H and O–H groups in total. The summed E-state index contributed by atoms with van der Waals surface area (Å²) in [5.74, 6) is -0.980. The molecule has 1 aromatic rings. The highest BCUT2D eigenvalue weighted by Crippen LogP contribution is 2.24. The predicted molar refractivity (Wildman–Crippen MR) is 61.7 cm³/mol. The highest BCUT2D eigenvalue weighted by molar-refractivity contribution is 7.89. The van der Waals surface area contributed by atoms with E-state index in [4.69, 9.17) is 0 Å². The van der Waals surface area contributed by atoms with Crippen LogP contribution < -0.4 is 10.2 Å². The molecule has 0 bridgehead atoms. The van der Waals surface area contributed by atoms with Gasteiger partial charge in [0.2, 0.25) is 5.13 Å². The number of anilines is 1. The van der Waals surface area contributed by atoms with Gasteiger partial charge in [0.25, 0.3) is 4.34 Å². The van der Waals surface area contributed by atoms with E-state index in [2.05, 4.69) is 19.7 Å². The lowest BCUT2D eigenvalue weighted by atomic mass is 10.8. The van der Waals surface area contributed by atoms with Crippen molar-refractivity contribution in [3.05, 3.63) is 0 Å². The van der Waals surface area contributed by atoms with Crippen LogP contribution in [0.5, 0.6) is 0 Å². The van der Waals surface area contributed by atoms with Gasteiger partial charge in [-0.2, -0.15) is 8.42 Å². The van der Waals surface area contributed by atoms with E-state index < -0.39 is 26.5 Å². The average molecular weight is 294 g/mol. The van der Waals surface area contributed by atoms with E-state index in [0.717, 1.165) is 11.8 Å².